The van der Waals surface area contributed by atoms with Gasteiger partial charge in [-0.1, -0.05) is 25.1 Å². The van der Waals surface area contributed by atoms with Gasteiger partial charge in [0.1, 0.15) is 5.69 Å². The molecule has 0 saturated carbocycles. The monoisotopic (exact) mass is 352 g/mol. The number of benzene rings is 1. The summed E-state index contributed by atoms with van der Waals surface area (Å²) in [5.74, 6) is -0.359. The first kappa shape index (κ1) is 18.1. The van der Waals surface area contributed by atoms with Crippen LogP contribution in [0.25, 0.3) is 0 Å². The first-order valence-corrected chi connectivity index (χ1v) is 8.91. The number of nitrogens with zero attached hydrogens (tertiary/aromatic N) is 3. The molecule has 0 unspecified atom stereocenters. The van der Waals surface area contributed by atoms with Crippen LogP contribution in [0.3, 0.4) is 0 Å². The lowest BCUT2D eigenvalue weighted by molar-refractivity contribution is 0.0658. The molecular formula is C20H24N4O2. The molecule has 0 aliphatic carbocycles. The first-order valence-electron chi connectivity index (χ1n) is 8.91. The molecule has 3 rings (SSSR count). The highest BCUT2D eigenvalue weighted by atomic mass is 16.2. The van der Waals surface area contributed by atoms with Gasteiger partial charge in [0.05, 0.1) is 0 Å². The molecule has 1 aromatic carbocycles. The average Bonchev–Trinajstić information content (AvgIpc) is 2.68. The van der Waals surface area contributed by atoms with Crippen LogP contribution >= 0.6 is 0 Å². The van der Waals surface area contributed by atoms with E-state index in [9.17, 15) is 9.59 Å². The van der Waals surface area contributed by atoms with Gasteiger partial charge in [0.2, 0.25) is 0 Å². The number of likely N-dealkylation sites (N-methyl/N-ethyl adjacent to an activating group) is 1. The van der Waals surface area contributed by atoms with E-state index in [0.717, 1.165) is 30.8 Å². The molecule has 1 fully saturated rings. The molecule has 1 N–H and O–H groups in total. The Balaban J connectivity index is 1.74. The molecule has 2 aromatic rings. The van der Waals surface area contributed by atoms with Crippen molar-refractivity contribution >= 4 is 17.5 Å². The quantitative estimate of drug-likeness (QED) is 0.917. The van der Waals surface area contributed by atoms with Crippen molar-refractivity contribution in [3.63, 3.8) is 0 Å². The Bertz CT molecular complexity index is 798. The third-order valence-corrected chi connectivity index (χ3v) is 4.68. The molecule has 2 heterocycles. The van der Waals surface area contributed by atoms with Gasteiger partial charge in [-0.25, -0.2) is 0 Å². The number of nitrogens with one attached hydrogen (secondary N) is 1. The Morgan fingerprint density at radius 1 is 1.12 bits per heavy atom. The van der Waals surface area contributed by atoms with Crippen LogP contribution in [0.15, 0.2) is 42.6 Å². The number of hydrogen-bond acceptors (Lipinski definition) is 4. The summed E-state index contributed by atoms with van der Waals surface area (Å²) in [4.78, 5) is 33.4. The molecule has 0 radical (unpaired) electrons. The Kier molecular flexibility index (Phi) is 5.63. The minimum Gasteiger partial charge on any atom is -0.335 e. The average molecular weight is 352 g/mol. The number of carbonyl (C=O) groups excluding carboxylic acids is 2. The molecule has 0 bridgehead atoms. The van der Waals surface area contributed by atoms with E-state index in [1.165, 1.54) is 6.20 Å². The van der Waals surface area contributed by atoms with E-state index in [-0.39, 0.29) is 11.8 Å². The topological polar surface area (TPSA) is 65.5 Å². The van der Waals surface area contributed by atoms with Crippen LogP contribution in [0.4, 0.5) is 5.69 Å². The molecule has 26 heavy (non-hydrogen) atoms. The second-order valence-corrected chi connectivity index (χ2v) is 6.49. The fourth-order valence-corrected chi connectivity index (χ4v) is 3.01. The largest absolute Gasteiger partial charge is 0.335 e. The summed E-state index contributed by atoms with van der Waals surface area (Å²) >= 11 is 0. The highest BCUT2D eigenvalue weighted by molar-refractivity contribution is 6.06. The van der Waals surface area contributed by atoms with Crippen LogP contribution < -0.4 is 5.32 Å². The van der Waals surface area contributed by atoms with Crippen LogP contribution in [0, 0.1) is 0 Å². The molecule has 1 saturated heterocycles. The lowest BCUT2D eigenvalue weighted by Gasteiger charge is -2.32. The third-order valence-electron chi connectivity index (χ3n) is 4.68. The van der Waals surface area contributed by atoms with Crippen LogP contribution in [0.5, 0.6) is 0 Å². The van der Waals surface area contributed by atoms with E-state index in [0.29, 0.717) is 24.3 Å². The van der Waals surface area contributed by atoms with Gasteiger partial charge in [-0.15, -0.1) is 0 Å². The van der Waals surface area contributed by atoms with Gasteiger partial charge in [-0.3, -0.25) is 14.6 Å². The molecule has 2 amide bonds. The summed E-state index contributed by atoms with van der Waals surface area (Å²) in [5, 5.41) is 2.93. The third kappa shape index (κ3) is 4.08. The van der Waals surface area contributed by atoms with Gasteiger partial charge >= 0.3 is 0 Å². The van der Waals surface area contributed by atoms with Gasteiger partial charge in [0.25, 0.3) is 11.8 Å². The highest BCUT2D eigenvalue weighted by Crippen LogP contribution is 2.17. The zero-order valence-electron chi connectivity index (χ0n) is 15.2. The summed E-state index contributed by atoms with van der Waals surface area (Å²) < 4.78 is 0. The summed E-state index contributed by atoms with van der Waals surface area (Å²) in [6.07, 6.45) is 2.35. The number of rotatable bonds is 4. The smallest absolute Gasteiger partial charge is 0.272 e. The van der Waals surface area contributed by atoms with E-state index >= 15 is 0 Å². The van der Waals surface area contributed by atoms with Crippen molar-refractivity contribution in [2.45, 2.75) is 13.3 Å². The summed E-state index contributed by atoms with van der Waals surface area (Å²) in [6.45, 7) is 5.10. The molecule has 6 nitrogen and oxygen atoms in total. The molecular weight excluding hydrogens is 328 g/mol. The van der Waals surface area contributed by atoms with E-state index < -0.39 is 0 Å². The minimum absolute atomic E-state index is 0.123. The van der Waals surface area contributed by atoms with Crippen molar-refractivity contribution in [3.8, 4) is 0 Å². The number of hydrogen-bond donors (Lipinski definition) is 1. The molecule has 1 aliphatic heterocycles. The Morgan fingerprint density at radius 3 is 2.58 bits per heavy atom. The predicted octanol–water partition coefficient (Wildman–Crippen LogP) is 2.28. The molecule has 1 aliphatic rings. The zero-order valence-corrected chi connectivity index (χ0v) is 15.2. The first-order chi connectivity index (χ1) is 12.6. The van der Waals surface area contributed by atoms with E-state index in [4.69, 9.17) is 0 Å². The van der Waals surface area contributed by atoms with Gasteiger partial charge in [0, 0.05) is 43.6 Å². The Hall–Kier alpha value is -2.73. The summed E-state index contributed by atoms with van der Waals surface area (Å²) in [6, 6.07) is 10.9. The van der Waals surface area contributed by atoms with Gasteiger partial charge < -0.3 is 15.1 Å². The van der Waals surface area contributed by atoms with Crippen molar-refractivity contribution in [3.05, 3.63) is 59.4 Å². The van der Waals surface area contributed by atoms with E-state index in [1.54, 1.807) is 17.0 Å². The standard InChI is InChI=1S/C20H24N4O2/c1-3-15-6-4-5-7-17(15)22-19(25)16-8-9-21-18(14-16)20(26)24-12-10-23(2)11-13-24/h4-9,14H,3,10-13H2,1-2H3,(H,22,25). The number of amides is 2. The molecule has 6 heteroatoms. The number of piperazine rings is 1. The zero-order chi connectivity index (χ0) is 18.5. The van der Waals surface area contributed by atoms with Crippen LogP contribution in [-0.4, -0.2) is 59.8 Å². The maximum absolute atomic E-state index is 12.7. The fraction of sp³-hybridized carbons (Fsp3) is 0.350. The van der Waals surface area contributed by atoms with Crippen molar-refractivity contribution in [2.24, 2.45) is 0 Å². The number of aryl methyl sites for hydroxylation is 1. The second-order valence-electron chi connectivity index (χ2n) is 6.49. The number of pyridine rings is 1. The second kappa shape index (κ2) is 8.10. The number of aromatic nitrogens is 1. The minimum atomic E-state index is -0.235. The number of para-hydroxylation sites is 1. The number of anilines is 1. The molecule has 136 valence electrons. The van der Waals surface area contributed by atoms with Crippen LogP contribution in [-0.2, 0) is 6.42 Å². The molecule has 1 aromatic heterocycles. The van der Waals surface area contributed by atoms with Crippen molar-refractivity contribution < 1.29 is 9.59 Å². The van der Waals surface area contributed by atoms with E-state index in [2.05, 4.69) is 15.2 Å². The summed E-state index contributed by atoms with van der Waals surface area (Å²) in [5.41, 5.74) is 2.61. The van der Waals surface area contributed by atoms with Crippen LogP contribution in [0.1, 0.15) is 33.3 Å². The summed E-state index contributed by atoms with van der Waals surface area (Å²) in [7, 11) is 2.04. The highest BCUT2D eigenvalue weighted by Gasteiger charge is 2.22. The lowest BCUT2D eigenvalue weighted by Crippen LogP contribution is -2.47. The molecule has 0 atom stereocenters. The van der Waals surface area contributed by atoms with Crippen molar-refractivity contribution in [1.29, 1.82) is 0 Å². The molecule has 0 spiro atoms. The van der Waals surface area contributed by atoms with Crippen molar-refractivity contribution in [2.75, 3.05) is 38.5 Å². The van der Waals surface area contributed by atoms with Gasteiger partial charge in [-0.05, 0) is 37.2 Å². The SMILES string of the molecule is CCc1ccccc1NC(=O)c1ccnc(C(=O)N2CCN(C)CC2)c1. The van der Waals surface area contributed by atoms with Crippen LogP contribution in [0.2, 0.25) is 0 Å². The predicted molar refractivity (Wildman–Crippen MR) is 101 cm³/mol. The van der Waals surface area contributed by atoms with E-state index in [1.807, 2.05) is 38.2 Å². The maximum atomic E-state index is 12.7. The van der Waals surface area contributed by atoms with Crippen molar-refractivity contribution in [1.82, 2.24) is 14.8 Å². The normalized spacial score (nSPS) is 14.9. The maximum Gasteiger partial charge on any atom is 0.272 e. The fourth-order valence-electron chi connectivity index (χ4n) is 3.01. The number of carbonyl (C=O) groups is 2. The Labute approximate surface area is 153 Å². The van der Waals surface area contributed by atoms with Gasteiger partial charge in [-0.2, -0.15) is 0 Å². The Morgan fingerprint density at radius 2 is 1.85 bits per heavy atom. The van der Waals surface area contributed by atoms with Gasteiger partial charge in [0.15, 0.2) is 0 Å². The lowest BCUT2D eigenvalue weighted by atomic mass is 10.1.